The molecule has 0 N–H and O–H groups in total. The fourth-order valence-corrected chi connectivity index (χ4v) is 2.80. The molecular weight excluding hydrogens is 228 g/mol. The molecule has 0 heterocycles. The van der Waals surface area contributed by atoms with Gasteiger partial charge in [0.25, 0.3) is 0 Å². The van der Waals surface area contributed by atoms with Crippen molar-refractivity contribution in [3.8, 4) is 0 Å². The Labute approximate surface area is 110 Å². The number of hydrogen-bond donors (Lipinski definition) is 0. The van der Waals surface area contributed by atoms with Crippen LogP contribution in [0.1, 0.15) is 74.4 Å². The van der Waals surface area contributed by atoms with Crippen LogP contribution in [0.15, 0.2) is 18.2 Å². The predicted octanol–water partition coefficient (Wildman–Crippen LogP) is 5.62. The van der Waals surface area contributed by atoms with E-state index >= 15 is 0 Å². The van der Waals surface area contributed by atoms with E-state index in [0.29, 0.717) is 11.8 Å². The minimum atomic E-state index is 0.230. The minimum Gasteiger partial charge on any atom is -0.118 e. The highest BCUT2D eigenvalue weighted by Crippen LogP contribution is 2.47. The summed E-state index contributed by atoms with van der Waals surface area (Å²) in [4.78, 5) is 0. The standard InChI is InChI=1S/C16H23Cl/c1-10(2)13-7-8-14(15(9-13)11(3)4)16(17)12-5-6-12/h7-12,16H,5-6H2,1-4H3. The van der Waals surface area contributed by atoms with Crippen LogP contribution in [0.5, 0.6) is 0 Å². The van der Waals surface area contributed by atoms with Gasteiger partial charge in [0.15, 0.2) is 0 Å². The minimum absolute atomic E-state index is 0.230. The SMILES string of the molecule is CC(C)c1ccc(C(Cl)C2CC2)c(C(C)C)c1. The van der Waals surface area contributed by atoms with Gasteiger partial charge in [-0.15, -0.1) is 11.6 Å². The van der Waals surface area contributed by atoms with Crippen LogP contribution in [0.25, 0.3) is 0 Å². The summed E-state index contributed by atoms with van der Waals surface area (Å²) in [5.74, 6) is 1.87. The highest BCUT2D eigenvalue weighted by molar-refractivity contribution is 6.21. The molecule has 2 rings (SSSR count). The smallest absolute Gasteiger partial charge is 0.0616 e. The van der Waals surface area contributed by atoms with Crippen molar-refractivity contribution in [2.75, 3.05) is 0 Å². The third-order valence-corrected chi connectivity index (χ3v) is 4.32. The van der Waals surface area contributed by atoms with Crippen molar-refractivity contribution >= 4 is 11.6 Å². The number of hydrogen-bond acceptors (Lipinski definition) is 0. The van der Waals surface area contributed by atoms with Crippen LogP contribution in [0, 0.1) is 5.92 Å². The molecule has 94 valence electrons. The molecule has 1 aromatic rings. The van der Waals surface area contributed by atoms with E-state index in [-0.39, 0.29) is 5.38 Å². The molecule has 0 nitrogen and oxygen atoms in total. The molecule has 1 heteroatoms. The molecule has 0 spiro atoms. The number of rotatable bonds is 4. The Morgan fingerprint density at radius 3 is 2.12 bits per heavy atom. The van der Waals surface area contributed by atoms with Gasteiger partial charge in [-0.1, -0.05) is 45.9 Å². The van der Waals surface area contributed by atoms with Gasteiger partial charge in [0.2, 0.25) is 0 Å². The largest absolute Gasteiger partial charge is 0.118 e. The molecule has 0 aliphatic heterocycles. The maximum absolute atomic E-state index is 6.58. The summed E-state index contributed by atoms with van der Waals surface area (Å²) in [6.07, 6.45) is 2.61. The monoisotopic (exact) mass is 250 g/mol. The summed E-state index contributed by atoms with van der Waals surface area (Å²) in [5.41, 5.74) is 4.24. The molecule has 0 bridgehead atoms. The second kappa shape index (κ2) is 5.02. The van der Waals surface area contributed by atoms with Crippen molar-refractivity contribution in [1.82, 2.24) is 0 Å². The molecule has 1 fully saturated rings. The van der Waals surface area contributed by atoms with Crippen LogP contribution in [0.3, 0.4) is 0 Å². The summed E-state index contributed by atoms with van der Waals surface area (Å²) in [6, 6.07) is 6.88. The second-order valence-corrected chi connectivity index (χ2v) is 6.41. The van der Waals surface area contributed by atoms with Crippen LogP contribution in [-0.4, -0.2) is 0 Å². The zero-order valence-corrected chi connectivity index (χ0v) is 12.1. The van der Waals surface area contributed by atoms with Gasteiger partial charge in [-0.25, -0.2) is 0 Å². The lowest BCUT2D eigenvalue weighted by molar-refractivity contribution is 0.754. The van der Waals surface area contributed by atoms with Crippen molar-refractivity contribution < 1.29 is 0 Å². The van der Waals surface area contributed by atoms with E-state index in [0.717, 1.165) is 5.92 Å². The third kappa shape index (κ3) is 2.85. The summed E-state index contributed by atoms with van der Waals surface area (Å²) in [5, 5.41) is 0.230. The van der Waals surface area contributed by atoms with Crippen molar-refractivity contribution in [1.29, 1.82) is 0 Å². The molecule has 17 heavy (non-hydrogen) atoms. The first-order valence-electron chi connectivity index (χ1n) is 6.78. The zero-order valence-electron chi connectivity index (χ0n) is 11.3. The molecule has 1 aliphatic carbocycles. The van der Waals surface area contributed by atoms with Gasteiger partial charge in [0, 0.05) is 0 Å². The van der Waals surface area contributed by atoms with Crippen LogP contribution in [0.2, 0.25) is 0 Å². The zero-order chi connectivity index (χ0) is 12.6. The van der Waals surface area contributed by atoms with E-state index in [1.54, 1.807) is 0 Å². The fraction of sp³-hybridized carbons (Fsp3) is 0.625. The molecule has 1 unspecified atom stereocenters. The molecule has 0 amide bonds. The molecular formula is C16H23Cl. The fourth-order valence-electron chi connectivity index (χ4n) is 2.35. The second-order valence-electron chi connectivity index (χ2n) is 5.94. The van der Waals surface area contributed by atoms with E-state index in [4.69, 9.17) is 11.6 Å². The van der Waals surface area contributed by atoms with Crippen molar-refractivity contribution in [3.63, 3.8) is 0 Å². The Morgan fingerprint density at radius 1 is 1.00 bits per heavy atom. The lowest BCUT2D eigenvalue weighted by atomic mass is 9.89. The molecule has 1 atom stereocenters. The van der Waals surface area contributed by atoms with Gasteiger partial charge in [-0.2, -0.15) is 0 Å². The van der Waals surface area contributed by atoms with Crippen LogP contribution in [0.4, 0.5) is 0 Å². The van der Waals surface area contributed by atoms with E-state index < -0.39 is 0 Å². The van der Waals surface area contributed by atoms with Crippen molar-refractivity contribution in [2.24, 2.45) is 5.92 Å². The molecule has 1 aliphatic rings. The normalized spacial score (nSPS) is 17.8. The highest BCUT2D eigenvalue weighted by Gasteiger charge is 2.32. The van der Waals surface area contributed by atoms with Gasteiger partial charge in [0.1, 0.15) is 0 Å². The Morgan fingerprint density at radius 2 is 1.65 bits per heavy atom. The lowest BCUT2D eigenvalue weighted by Crippen LogP contribution is -2.03. The summed E-state index contributed by atoms with van der Waals surface area (Å²) >= 11 is 6.58. The Kier molecular flexibility index (Phi) is 3.82. The first kappa shape index (κ1) is 13.0. The van der Waals surface area contributed by atoms with Crippen LogP contribution >= 0.6 is 11.6 Å². The lowest BCUT2D eigenvalue weighted by Gasteiger charge is -2.19. The van der Waals surface area contributed by atoms with Gasteiger partial charge >= 0.3 is 0 Å². The van der Waals surface area contributed by atoms with Crippen LogP contribution in [-0.2, 0) is 0 Å². The van der Waals surface area contributed by atoms with E-state index in [2.05, 4.69) is 45.9 Å². The summed E-state index contributed by atoms with van der Waals surface area (Å²) < 4.78 is 0. The molecule has 0 radical (unpaired) electrons. The van der Waals surface area contributed by atoms with Crippen molar-refractivity contribution in [3.05, 3.63) is 34.9 Å². The average Bonchev–Trinajstić information content (AvgIpc) is 3.10. The summed E-state index contributed by atoms with van der Waals surface area (Å²) in [7, 11) is 0. The van der Waals surface area contributed by atoms with Gasteiger partial charge in [0.05, 0.1) is 5.38 Å². The van der Waals surface area contributed by atoms with Crippen molar-refractivity contribution in [2.45, 2.75) is 57.7 Å². The van der Waals surface area contributed by atoms with E-state index in [1.165, 1.54) is 29.5 Å². The number of alkyl halides is 1. The summed E-state index contributed by atoms with van der Waals surface area (Å²) in [6.45, 7) is 9.02. The Hall–Kier alpha value is -0.490. The third-order valence-electron chi connectivity index (χ3n) is 3.73. The average molecular weight is 251 g/mol. The predicted molar refractivity (Wildman–Crippen MR) is 75.9 cm³/mol. The first-order valence-corrected chi connectivity index (χ1v) is 7.22. The van der Waals surface area contributed by atoms with E-state index in [1.807, 2.05) is 0 Å². The highest BCUT2D eigenvalue weighted by atomic mass is 35.5. The van der Waals surface area contributed by atoms with Crippen LogP contribution < -0.4 is 0 Å². The molecule has 1 aromatic carbocycles. The van der Waals surface area contributed by atoms with Gasteiger partial charge in [-0.05, 0) is 47.3 Å². The van der Waals surface area contributed by atoms with E-state index in [9.17, 15) is 0 Å². The quantitative estimate of drug-likeness (QED) is 0.608. The maximum Gasteiger partial charge on any atom is 0.0616 e. The molecule has 0 saturated heterocycles. The van der Waals surface area contributed by atoms with Gasteiger partial charge in [-0.3, -0.25) is 0 Å². The maximum atomic E-state index is 6.58. The molecule has 0 aromatic heterocycles. The van der Waals surface area contributed by atoms with Gasteiger partial charge < -0.3 is 0 Å². The first-order chi connectivity index (χ1) is 8.00. The topological polar surface area (TPSA) is 0 Å². The Bertz CT molecular complexity index is 389. The number of halogens is 1. The number of benzene rings is 1. The Balaban J connectivity index is 2.36. The molecule has 1 saturated carbocycles.